The molecule has 2 fully saturated rings. The van der Waals surface area contributed by atoms with Crippen molar-refractivity contribution in [2.75, 3.05) is 49.7 Å². The summed E-state index contributed by atoms with van der Waals surface area (Å²) in [6.45, 7) is 7.36. The molecule has 2 aliphatic rings. The van der Waals surface area contributed by atoms with Crippen molar-refractivity contribution in [2.24, 2.45) is 5.73 Å². The molecule has 26 heavy (non-hydrogen) atoms. The zero-order valence-electron chi connectivity index (χ0n) is 16.2. The number of carbonyl (C=O) groups is 1. The molecule has 2 N–H and O–H groups in total. The Morgan fingerprint density at radius 1 is 1.12 bits per heavy atom. The summed E-state index contributed by atoms with van der Waals surface area (Å²) in [5.74, 6) is 0. The van der Waals surface area contributed by atoms with E-state index in [2.05, 4.69) is 27.8 Å². The Morgan fingerprint density at radius 2 is 1.77 bits per heavy atom. The smallest absolute Gasteiger partial charge is 0.334 e. The van der Waals surface area contributed by atoms with Crippen molar-refractivity contribution in [1.82, 2.24) is 9.91 Å². The maximum atomic E-state index is 12.4. The number of anilines is 2. The average Bonchev–Trinajstić information content (AvgIpc) is 2.69. The number of hydrogen-bond acceptors (Lipinski definition) is 4. The van der Waals surface area contributed by atoms with E-state index in [1.807, 2.05) is 25.2 Å². The minimum absolute atomic E-state index is 0.376. The van der Waals surface area contributed by atoms with Crippen LogP contribution in [0.3, 0.4) is 0 Å². The first-order valence-corrected chi connectivity index (χ1v) is 10.0. The standard InChI is InChI=1S/C20H33N5O/c1-3-23-13-15-24(16-14-23)18-11-7-8-12-19(18)25(20(21)26)22(2)17-9-5-4-6-10-17/h7-8,11-12,17H,3-6,9-10,13-16H2,1-2H3,(H2,21,26). The maximum Gasteiger partial charge on any atom is 0.334 e. The number of rotatable bonds is 5. The molecule has 0 spiro atoms. The van der Waals surface area contributed by atoms with Gasteiger partial charge in [-0.15, -0.1) is 0 Å². The summed E-state index contributed by atoms with van der Waals surface area (Å²) in [5, 5.41) is 3.76. The van der Waals surface area contributed by atoms with Gasteiger partial charge in [-0.05, 0) is 31.5 Å². The van der Waals surface area contributed by atoms with Crippen LogP contribution in [0.5, 0.6) is 0 Å². The highest BCUT2D eigenvalue weighted by Gasteiger charge is 2.29. The second-order valence-electron chi connectivity index (χ2n) is 7.43. The Kier molecular flexibility index (Phi) is 6.38. The highest BCUT2D eigenvalue weighted by atomic mass is 16.2. The fraction of sp³-hybridized carbons (Fsp3) is 0.650. The minimum atomic E-state index is -0.405. The van der Waals surface area contributed by atoms with Gasteiger partial charge in [0.1, 0.15) is 0 Å². The van der Waals surface area contributed by atoms with Gasteiger partial charge in [-0.1, -0.05) is 38.3 Å². The van der Waals surface area contributed by atoms with E-state index in [0.717, 1.165) is 56.9 Å². The third-order valence-electron chi connectivity index (χ3n) is 5.90. The molecule has 1 saturated heterocycles. The monoisotopic (exact) mass is 359 g/mol. The van der Waals surface area contributed by atoms with Gasteiger partial charge in [0.05, 0.1) is 11.4 Å². The summed E-state index contributed by atoms with van der Waals surface area (Å²) in [5.41, 5.74) is 7.84. The van der Waals surface area contributed by atoms with Crippen molar-refractivity contribution < 1.29 is 4.79 Å². The number of nitrogens with zero attached hydrogens (tertiary/aromatic N) is 4. The summed E-state index contributed by atoms with van der Waals surface area (Å²) in [6, 6.07) is 8.14. The molecule has 0 aromatic heterocycles. The van der Waals surface area contributed by atoms with Crippen molar-refractivity contribution >= 4 is 17.4 Å². The summed E-state index contributed by atoms with van der Waals surface area (Å²) >= 11 is 0. The van der Waals surface area contributed by atoms with E-state index in [4.69, 9.17) is 5.73 Å². The molecule has 1 aliphatic carbocycles. The van der Waals surface area contributed by atoms with Crippen LogP contribution in [0, 0.1) is 0 Å². The number of piperazine rings is 1. The number of nitrogens with two attached hydrogens (primary N) is 1. The molecule has 1 aliphatic heterocycles. The van der Waals surface area contributed by atoms with Crippen LogP contribution in [-0.2, 0) is 0 Å². The molecule has 1 aromatic rings. The van der Waals surface area contributed by atoms with Crippen molar-refractivity contribution in [3.05, 3.63) is 24.3 Å². The van der Waals surface area contributed by atoms with Crippen LogP contribution >= 0.6 is 0 Å². The third-order valence-corrected chi connectivity index (χ3v) is 5.90. The lowest BCUT2D eigenvalue weighted by molar-refractivity contribution is 0.174. The summed E-state index contributed by atoms with van der Waals surface area (Å²) in [7, 11) is 2.01. The molecule has 6 heteroatoms. The number of carbonyl (C=O) groups excluding carboxylic acids is 1. The van der Waals surface area contributed by atoms with Gasteiger partial charge in [-0.2, -0.15) is 0 Å². The lowest BCUT2D eigenvalue weighted by Crippen LogP contribution is -2.53. The van der Waals surface area contributed by atoms with Crippen LogP contribution in [0.15, 0.2) is 24.3 Å². The van der Waals surface area contributed by atoms with E-state index in [-0.39, 0.29) is 0 Å². The number of primary amides is 1. The van der Waals surface area contributed by atoms with Gasteiger partial charge in [-0.3, -0.25) is 0 Å². The van der Waals surface area contributed by atoms with E-state index in [1.165, 1.54) is 19.3 Å². The Balaban J connectivity index is 1.84. The predicted octanol–water partition coefficient (Wildman–Crippen LogP) is 2.89. The van der Waals surface area contributed by atoms with Crippen molar-refractivity contribution in [2.45, 2.75) is 45.1 Å². The number of likely N-dealkylation sites (N-methyl/N-ethyl adjacent to an activating group) is 1. The van der Waals surface area contributed by atoms with Gasteiger partial charge in [0.25, 0.3) is 0 Å². The molecule has 1 saturated carbocycles. The third kappa shape index (κ3) is 4.13. The van der Waals surface area contributed by atoms with Crippen LogP contribution in [-0.4, -0.2) is 61.8 Å². The molecule has 144 valence electrons. The second-order valence-corrected chi connectivity index (χ2v) is 7.43. The quantitative estimate of drug-likeness (QED) is 0.822. The molecule has 0 atom stereocenters. The van der Waals surface area contributed by atoms with E-state index >= 15 is 0 Å². The minimum Gasteiger partial charge on any atom is -0.367 e. The van der Waals surface area contributed by atoms with Gasteiger partial charge in [0.15, 0.2) is 0 Å². The molecule has 1 aromatic carbocycles. The van der Waals surface area contributed by atoms with Crippen LogP contribution in [0.1, 0.15) is 39.0 Å². The molecule has 6 nitrogen and oxygen atoms in total. The highest BCUT2D eigenvalue weighted by Crippen LogP contribution is 2.33. The Bertz CT molecular complexity index is 594. The molecular weight excluding hydrogens is 326 g/mol. The van der Waals surface area contributed by atoms with E-state index in [1.54, 1.807) is 5.01 Å². The molecule has 1 heterocycles. The molecule has 0 unspecified atom stereocenters. The van der Waals surface area contributed by atoms with Crippen molar-refractivity contribution in [3.8, 4) is 0 Å². The number of urea groups is 1. The van der Waals surface area contributed by atoms with E-state index in [9.17, 15) is 4.79 Å². The van der Waals surface area contributed by atoms with Crippen LogP contribution < -0.4 is 15.6 Å². The summed E-state index contributed by atoms with van der Waals surface area (Å²) in [4.78, 5) is 17.2. The van der Waals surface area contributed by atoms with Crippen molar-refractivity contribution in [1.29, 1.82) is 0 Å². The van der Waals surface area contributed by atoms with Gasteiger partial charge < -0.3 is 15.5 Å². The lowest BCUT2D eigenvalue weighted by Gasteiger charge is -2.41. The lowest BCUT2D eigenvalue weighted by atomic mass is 9.95. The van der Waals surface area contributed by atoms with E-state index < -0.39 is 6.03 Å². The number of hydrazine groups is 1. The van der Waals surface area contributed by atoms with Gasteiger partial charge in [0.2, 0.25) is 0 Å². The largest absolute Gasteiger partial charge is 0.367 e. The number of amides is 2. The van der Waals surface area contributed by atoms with Crippen LogP contribution in [0.25, 0.3) is 0 Å². The summed E-state index contributed by atoms with van der Waals surface area (Å²) in [6.07, 6.45) is 5.99. The fourth-order valence-electron chi connectivity index (χ4n) is 4.28. The molecule has 3 rings (SSSR count). The average molecular weight is 360 g/mol. The highest BCUT2D eigenvalue weighted by molar-refractivity contribution is 5.93. The molecule has 0 bridgehead atoms. The first-order valence-electron chi connectivity index (χ1n) is 10.0. The molecule has 0 radical (unpaired) electrons. The van der Waals surface area contributed by atoms with Crippen LogP contribution in [0.4, 0.5) is 16.2 Å². The molecule has 2 amide bonds. The maximum absolute atomic E-state index is 12.4. The van der Waals surface area contributed by atoms with Gasteiger partial charge in [-0.25, -0.2) is 14.8 Å². The number of para-hydroxylation sites is 2. The SMILES string of the molecule is CCN1CCN(c2ccccc2N(C(N)=O)N(C)C2CCCCC2)CC1. The number of hydrogen-bond donors (Lipinski definition) is 1. The zero-order chi connectivity index (χ0) is 18.5. The normalized spacial score (nSPS) is 19.7. The predicted molar refractivity (Wildman–Crippen MR) is 107 cm³/mol. The first kappa shape index (κ1) is 19.0. The Morgan fingerprint density at radius 3 is 2.38 bits per heavy atom. The Labute approximate surface area is 157 Å². The van der Waals surface area contributed by atoms with Crippen LogP contribution in [0.2, 0.25) is 0 Å². The fourth-order valence-corrected chi connectivity index (χ4v) is 4.28. The number of benzene rings is 1. The molecular formula is C20H33N5O. The van der Waals surface area contributed by atoms with E-state index in [0.29, 0.717) is 6.04 Å². The van der Waals surface area contributed by atoms with Crippen molar-refractivity contribution in [3.63, 3.8) is 0 Å². The Hall–Kier alpha value is -1.79. The van der Waals surface area contributed by atoms with Gasteiger partial charge >= 0.3 is 6.03 Å². The second kappa shape index (κ2) is 8.73. The first-order chi connectivity index (χ1) is 12.6. The topological polar surface area (TPSA) is 56.1 Å². The van der Waals surface area contributed by atoms with Gasteiger partial charge in [0, 0.05) is 39.3 Å². The summed E-state index contributed by atoms with van der Waals surface area (Å²) < 4.78 is 0. The zero-order valence-corrected chi connectivity index (χ0v) is 16.2.